The van der Waals surface area contributed by atoms with Gasteiger partial charge in [-0.15, -0.1) is 0 Å². The Kier molecular flexibility index (Phi) is 5.71. The number of aliphatic hydroxyl groups excluding tert-OH is 1. The average molecular weight is 318 g/mol. The maximum absolute atomic E-state index is 12.8. The zero-order chi connectivity index (χ0) is 17.0. The molecule has 1 amide bonds. The molecule has 2 aromatic rings. The van der Waals surface area contributed by atoms with Crippen molar-refractivity contribution in [2.75, 3.05) is 19.7 Å². The van der Waals surface area contributed by atoms with Crippen molar-refractivity contribution in [1.29, 1.82) is 0 Å². The number of pyridine rings is 1. The third kappa shape index (κ3) is 3.69. The van der Waals surface area contributed by atoms with Gasteiger partial charge in [-0.3, -0.25) is 4.79 Å². The number of rotatable bonds is 7. The summed E-state index contributed by atoms with van der Waals surface area (Å²) >= 11 is 0. The molecule has 0 bridgehead atoms. The first-order chi connectivity index (χ1) is 11.0. The molecule has 0 fully saturated rings. The molecule has 0 atom stereocenters. The first kappa shape index (κ1) is 17.4. The lowest BCUT2D eigenvalue weighted by atomic mass is 10.1. The van der Waals surface area contributed by atoms with Gasteiger partial charge in [0.15, 0.2) is 5.65 Å². The first-order valence-corrected chi connectivity index (χ1v) is 8.24. The van der Waals surface area contributed by atoms with Crippen LogP contribution in [0.5, 0.6) is 0 Å². The molecule has 126 valence electrons. The molecule has 0 unspecified atom stereocenters. The van der Waals surface area contributed by atoms with Gasteiger partial charge in [0.1, 0.15) is 0 Å². The van der Waals surface area contributed by atoms with E-state index >= 15 is 0 Å². The van der Waals surface area contributed by atoms with Crippen LogP contribution in [0.15, 0.2) is 12.3 Å². The fourth-order valence-corrected chi connectivity index (χ4v) is 2.62. The molecule has 6 heteroatoms. The summed E-state index contributed by atoms with van der Waals surface area (Å²) in [6.45, 7) is 9.00. The van der Waals surface area contributed by atoms with Crippen LogP contribution in [-0.2, 0) is 0 Å². The van der Waals surface area contributed by atoms with E-state index in [2.05, 4.69) is 30.9 Å². The standard InChI is InChI=1S/C17H26N4O2/c1-5-6-7-20(8-9-22)17(23)15-10-14-11-18-21(12(2)3)16(14)19-13(15)4/h10-12,22H,5-9H2,1-4H3. The summed E-state index contributed by atoms with van der Waals surface area (Å²) in [7, 11) is 0. The number of fused-ring (bicyclic) bond motifs is 1. The van der Waals surface area contributed by atoms with Crippen LogP contribution in [0.3, 0.4) is 0 Å². The van der Waals surface area contributed by atoms with Crippen molar-refractivity contribution in [1.82, 2.24) is 19.7 Å². The van der Waals surface area contributed by atoms with Gasteiger partial charge in [-0.2, -0.15) is 5.10 Å². The Morgan fingerprint density at radius 3 is 2.74 bits per heavy atom. The second kappa shape index (κ2) is 7.55. The van der Waals surface area contributed by atoms with E-state index in [0.29, 0.717) is 24.3 Å². The van der Waals surface area contributed by atoms with Crippen LogP contribution in [0.1, 0.15) is 55.7 Å². The zero-order valence-electron chi connectivity index (χ0n) is 14.4. The molecule has 0 aliphatic heterocycles. The van der Waals surface area contributed by atoms with E-state index in [-0.39, 0.29) is 18.6 Å². The molecule has 2 rings (SSSR count). The molecule has 0 aliphatic rings. The Morgan fingerprint density at radius 1 is 1.39 bits per heavy atom. The van der Waals surface area contributed by atoms with Gasteiger partial charge in [-0.05, 0) is 33.3 Å². The number of aliphatic hydroxyl groups is 1. The maximum Gasteiger partial charge on any atom is 0.255 e. The van der Waals surface area contributed by atoms with Gasteiger partial charge >= 0.3 is 0 Å². The molecular weight excluding hydrogens is 292 g/mol. The van der Waals surface area contributed by atoms with E-state index < -0.39 is 0 Å². The monoisotopic (exact) mass is 318 g/mol. The van der Waals surface area contributed by atoms with Crippen LogP contribution in [0.4, 0.5) is 0 Å². The van der Waals surface area contributed by atoms with Gasteiger partial charge in [0.05, 0.1) is 24.1 Å². The number of hydrogen-bond donors (Lipinski definition) is 1. The molecular formula is C17H26N4O2. The van der Waals surface area contributed by atoms with Crippen LogP contribution in [0.2, 0.25) is 0 Å². The van der Waals surface area contributed by atoms with Crippen LogP contribution in [0, 0.1) is 6.92 Å². The fraction of sp³-hybridized carbons (Fsp3) is 0.588. The second-order valence-electron chi connectivity index (χ2n) is 6.09. The van der Waals surface area contributed by atoms with E-state index in [1.165, 1.54) is 0 Å². The Balaban J connectivity index is 2.37. The number of carbonyl (C=O) groups excluding carboxylic acids is 1. The lowest BCUT2D eigenvalue weighted by molar-refractivity contribution is 0.0718. The molecule has 0 aliphatic carbocycles. The van der Waals surface area contributed by atoms with Gasteiger partial charge < -0.3 is 10.0 Å². The summed E-state index contributed by atoms with van der Waals surface area (Å²) < 4.78 is 1.86. The largest absolute Gasteiger partial charge is 0.395 e. The van der Waals surface area contributed by atoms with E-state index in [1.54, 1.807) is 11.1 Å². The highest BCUT2D eigenvalue weighted by Gasteiger charge is 2.20. The fourth-order valence-electron chi connectivity index (χ4n) is 2.62. The molecule has 23 heavy (non-hydrogen) atoms. The van der Waals surface area contributed by atoms with Gasteiger partial charge in [0.2, 0.25) is 0 Å². The molecule has 0 radical (unpaired) electrons. The number of unbranched alkanes of at least 4 members (excludes halogenated alkanes) is 1. The van der Waals surface area contributed by atoms with Crippen LogP contribution in [-0.4, -0.2) is 50.4 Å². The number of nitrogens with zero attached hydrogens (tertiary/aromatic N) is 4. The van der Waals surface area contributed by atoms with Crippen LogP contribution in [0.25, 0.3) is 11.0 Å². The minimum atomic E-state index is -0.0725. The van der Waals surface area contributed by atoms with Gasteiger partial charge in [-0.1, -0.05) is 13.3 Å². The number of aryl methyl sites for hydroxylation is 1. The molecule has 0 aromatic carbocycles. The van der Waals surface area contributed by atoms with Gasteiger partial charge in [-0.25, -0.2) is 9.67 Å². The quantitative estimate of drug-likeness (QED) is 0.851. The molecule has 0 saturated carbocycles. The number of amides is 1. The van der Waals surface area contributed by atoms with E-state index in [1.807, 2.05) is 17.7 Å². The van der Waals surface area contributed by atoms with Crippen LogP contribution < -0.4 is 0 Å². The molecule has 2 heterocycles. The Morgan fingerprint density at radius 2 is 2.13 bits per heavy atom. The summed E-state index contributed by atoms with van der Waals surface area (Å²) in [6.07, 6.45) is 3.68. The van der Waals surface area contributed by atoms with Gasteiger partial charge in [0.25, 0.3) is 5.91 Å². The smallest absolute Gasteiger partial charge is 0.255 e. The third-order valence-corrected chi connectivity index (χ3v) is 3.92. The topological polar surface area (TPSA) is 71.2 Å². The molecule has 6 nitrogen and oxygen atoms in total. The van der Waals surface area contributed by atoms with Crippen molar-refractivity contribution >= 4 is 16.9 Å². The number of carbonyl (C=O) groups is 1. The maximum atomic E-state index is 12.8. The minimum Gasteiger partial charge on any atom is -0.395 e. The highest BCUT2D eigenvalue weighted by Crippen LogP contribution is 2.20. The summed E-state index contributed by atoms with van der Waals surface area (Å²) in [4.78, 5) is 19.1. The summed E-state index contributed by atoms with van der Waals surface area (Å²) in [5.74, 6) is -0.0725. The average Bonchev–Trinajstić information content (AvgIpc) is 2.92. The third-order valence-electron chi connectivity index (χ3n) is 3.92. The van der Waals surface area contributed by atoms with Gasteiger partial charge in [0, 0.05) is 24.5 Å². The highest BCUT2D eigenvalue weighted by atomic mass is 16.3. The van der Waals surface area contributed by atoms with Crippen molar-refractivity contribution in [3.63, 3.8) is 0 Å². The van der Waals surface area contributed by atoms with E-state index in [0.717, 1.165) is 23.9 Å². The van der Waals surface area contributed by atoms with Crippen molar-refractivity contribution in [3.05, 3.63) is 23.5 Å². The Hall–Kier alpha value is -1.95. The minimum absolute atomic E-state index is 0.0323. The normalized spacial score (nSPS) is 11.4. The Labute approximate surface area is 137 Å². The zero-order valence-corrected chi connectivity index (χ0v) is 14.4. The Bertz CT molecular complexity index is 679. The van der Waals surface area contributed by atoms with Crippen LogP contribution >= 0.6 is 0 Å². The number of aromatic nitrogens is 3. The molecule has 1 N–H and O–H groups in total. The van der Waals surface area contributed by atoms with Crippen molar-refractivity contribution in [2.45, 2.75) is 46.6 Å². The lowest BCUT2D eigenvalue weighted by Gasteiger charge is -2.22. The summed E-state index contributed by atoms with van der Waals surface area (Å²) in [5, 5.41) is 14.4. The first-order valence-electron chi connectivity index (χ1n) is 8.24. The summed E-state index contributed by atoms with van der Waals surface area (Å²) in [6, 6.07) is 2.08. The van der Waals surface area contributed by atoms with Crippen molar-refractivity contribution in [3.8, 4) is 0 Å². The van der Waals surface area contributed by atoms with E-state index in [9.17, 15) is 9.90 Å². The second-order valence-corrected chi connectivity index (χ2v) is 6.09. The molecule has 2 aromatic heterocycles. The highest BCUT2D eigenvalue weighted by molar-refractivity contribution is 5.98. The molecule has 0 saturated heterocycles. The van der Waals surface area contributed by atoms with Crippen molar-refractivity contribution in [2.24, 2.45) is 0 Å². The SMILES string of the molecule is CCCCN(CCO)C(=O)c1cc2cnn(C(C)C)c2nc1C. The van der Waals surface area contributed by atoms with E-state index in [4.69, 9.17) is 0 Å². The van der Waals surface area contributed by atoms with Crippen molar-refractivity contribution < 1.29 is 9.90 Å². The summed E-state index contributed by atoms with van der Waals surface area (Å²) in [5.41, 5.74) is 2.09. The lowest BCUT2D eigenvalue weighted by Crippen LogP contribution is -2.35. The predicted octanol–water partition coefficient (Wildman–Crippen LogP) is 2.56. The predicted molar refractivity (Wildman–Crippen MR) is 90.5 cm³/mol. The number of hydrogen-bond acceptors (Lipinski definition) is 4. The molecule has 0 spiro atoms.